The molecule has 1 aliphatic heterocycles. The third-order valence-corrected chi connectivity index (χ3v) is 4.54. The highest BCUT2D eigenvalue weighted by Crippen LogP contribution is 2.22. The molecule has 0 saturated carbocycles. The molecule has 2 N–H and O–H groups in total. The zero-order chi connectivity index (χ0) is 19.2. The number of anilines is 2. The van der Waals surface area contributed by atoms with Gasteiger partial charge in [-0.25, -0.2) is 18.7 Å². The van der Waals surface area contributed by atoms with Crippen LogP contribution in [-0.2, 0) is 0 Å². The summed E-state index contributed by atoms with van der Waals surface area (Å²) in [6.45, 7) is 4.75. The number of nitrogens with one attached hydrogen (secondary N) is 2. The summed E-state index contributed by atoms with van der Waals surface area (Å²) in [5.74, 6) is -0.383. The first-order valence-corrected chi connectivity index (χ1v) is 9.07. The first kappa shape index (κ1) is 19.0. The van der Waals surface area contributed by atoms with Gasteiger partial charge in [0.05, 0.1) is 0 Å². The summed E-state index contributed by atoms with van der Waals surface area (Å²) in [7, 11) is 0. The molecule has 1 saturated heterocycles. The van der Waals surface area contributed by atoms with Crippen LogP contribution in [0.25, 0.3) is 0 Å². The van der Waals surface area contributed by atoms with Crippen LogP contribution in [0, 0.1) is 17.6 Å². The molecule has 144 valence electrons. The predicted molar refractivity (Wildman–Crippen MR) is 99.8 cm³/mol. The molecule has 1 fully saturated rings. The van der Waals surface area contributed by atoms with Gasteiger partial charge in [0.25, 0.3) is 5.91 Å². The molecule has 0 spiro atoms. The maximum absolute atomic E-state index is 13.6. The maximum atomic E-state index is 13.6. The molecule has 1 atom stereocenters. The van der Waals surface area contributed by atoms with Crippen molar-refractivity contribution in [3.8, 4) is 0 Å². The molecular weight excluding hydrogens is 352 g/mol. The van der Waals surface area contributed by atoms with E-state index < -0.39 is 23.1 Å². The SMILES string of the molecule is CC1CCCN(c2cc(NCCNC(=O)c3c(F)cccc3F)ncn2)C1. The summed E-state index contributed by atoms with van der Waals surface area (Å²) >= 11 is 0. The van der Waals surface area contributed by atoms with E-state index in [1.165, 1.54) is 18.8 Å². The van der Waals surface area contributed by atoms with Crippen LogP contribution in [0.3, 0.4) is 0 Å². The zero-order valence-electron chi connectivity index (χ0n) is 15.2. The largest absolute Gasteiger partial charge is 0.368 e. The quantitative estimate of drug-likeness (QED) is 0.760. The molecule has 1 aromatic heterocycles. The Labute approximate surface area is 157 Å². The van der Waals surface area contributed by atoms with Crippen LogP contribution in [0.15, 0.2) is 30.6 Å². The number of rotatable bonds is 6. The Morgan fingerprint density at radius 3 is 2.78 bits per heavy atom. The van der Waals surface area contributed by atoms with Crippen LogP contribution >= 0.6 is 0 Å². The third kappa shape index (κ3) is 4.90. The van der Waals surface area contributed by atoms with E-state index in [-0.39, 0.29) is 6.54 Å². The van der Waals surface area contributed by atoms with Crippen molar-refractivity contribution in [2.45, 2.75) is 19.8 Å². The number of nitrogens with zero attached hydrogens (tertiary/aromatic N) is 3. The Morgan fingerprint density at radius 2 is 2.04 bits per heavy atom. The van der Waals surface area contributed by atoms with Crippen molar-refractivity contribution < 1.29 is 13.6 Å². The minimum Gasteiger partial charge on any atom is -0.368 e. The molecule has 0 aliphatic carbocycles. The van der Waals surface area contributed by atoms with Gasteiger partial charge in [-0.05, 0) is 30.9 Å². The number of hydrogen-bond acceptors (Lipinski definition) is 5. The number of benzene rings is 1. The van der Waals surface area contributed by atoms with Gasteiger partial charge < -0.3 is 15.5 Å². The lowest BCUT2D eigenvalue weighted by Gasteiger charge is -2.31. The average molecular weight is 375 g/mol. The number of amides is 1. The van der Waals surface area contributed by atoms with E-state index in [0.29, 0.717) is 18.3 Å². The van der Waals surface area contributed by atoms with E-state index in [1.54, 1.807) is 0 Å². The molecule has 1 amide bonds. The molecule has 2 heterocycles. The van der Waals surface area contributed by atoms with Crippen LogP contribution in [0.1, 0.15) is 30.1 Å². The summed E-state index contributed by atoms with van der Waals surface area (Å²) < 4.78 is 27.2. The summed E-state index contributed by atoms with van der Waals surface area (Å²) in [6.07, 6.45) is 3.88. The lowest BCUT2D eigenvalue weighted by atomic mass is 10.0. The van der Waals surface area contributed by atoms with Crippen LogP contribution in [0.4, 0.5) is 20.4 Å². The Bertz CT molecular complexity index is 781. The van der Waals surface area contributed by atoms with Crippen molar-refractivity contribution in [1.82, 2.24) is 15.3 Å². The van der Waals surface area contributed by atoms with E-state index in [4.69, 9.17) is 0 Å². The fourth-order valence-corrected chi connectivity index (χ4v) is 3.18. The van der Waals surface area contributed by atoms with E-state index in [2.05, 4.69) is 32.4 Å². The molecule has 0 radical (unpaired) electrons. The Balaban J connectivity index is 1.51. The first-order chi connectivity index (χ1) is 13.0. The zero-order valence-corrected chi connectivity index (χ0v) is 15.2. The summed E-state index contributed by atoms with van der Waals surface area (Å²) in [4.78, 5) is 22.7. The fraction of sp³-hybridized carbons (Fsp3) is 0.421. The summed E-state index contributed by atoms with van der Waals surface area (Å²) in [6, 6.07) is 5.20. The van der Waals surface area contributed by atoms with Gasteiger partial charge in [0.1, 0.15) is 35.2 Å². The fourth-order valence-electron chi connectivity index (χ4n) is 3.18. The molecule has 0 bridgehead atoms. The number of piperidine rings is 1. The molecule has 6 nitrogen and oxygen atoms in total. The second-order valence-electron chi connectivity index (χ2n) is 6.73. The van der Waals surface area contributed by atoms with E-state index in [1.807, 2.05) is 6.07 Å². The lowest BCUT2D eigenvalue weighted by molar-refractivity contribution is 0.0946. The lowest BCUT2D eigenvalue weighted by Crippen LogP contribution is -2.35. The van der Waals surface area contributed by atoms with Crippen LogP contribution in [0.5, 0.6) is 0 Å². The van der Waals surface area contributed by atoms with Gasteiger partial charge >= 0.3 is 0 Å². The van der Waals surface area contributed by atoms with Gasteiger partial charge in [0, 0.05) is 32.2 Å². The molecular formula is C19H23F2N5O. The molecule has 1 unspecified atom stereocenters. The average Bonchev–Trinajstić information content (AvgIpc) is 2.65. The number of hydrogen-bond donors (Lipinski definition) is 2. The topological polar surface area (TPSA) is 70.2 Å². The van der Waals surface area contributed by atoms with Gasteiger partial charge in [-0.3, -0.25) is 4.79 Å². The van der Waals surface area contributed by atoms with Gasteiger partial charge in [0.2, 0.25) is 0 Å². The number of halogens is 2. The summed E-state index contributed by atoms with van der Waals surface area (Å²) in [5, 5.41) is 5.59. The smallest absolute Gasteiger partial charge is 0.257 e. The monoisotopic (exact) mass is 375 g/mol. The number of carbonyl (C=O) groups is 1. The molecule has 1 aliphatic rings. The van der Waals surface area contributed by atoms with E-state index in [9.17, 15) is 13.6 Å². The van der Waals surface area contributed by atoms with Crippen molar-refractivity contribution in [3.63, 3.8) is 0 Å². The van der Waals surface area contributed by atoms with Crippen LogP contribution in [0.2, 0.25) is 0 Å². The highest BCUT2D eigenvalue weighted by atomic mass is 19.1. The van der Waals surface area contributed by atoms with Crippen LogP contribution < -0.4 is 15.5 Å². The van der Waals surface area contributed by atoms with Crippen molar-refractivity contribution in [2.75, 3.05) is 36.4 Å². The van der Waals surface area contributed by atoms with Crippen molar-refractivity contribution in [1.29, 1.82) is 0 Å². The minimum absolute atomic E-state index is 0.201. The van der Waals surface area contributed by atoms with E-state index >= 15 is 0 Å². The summed E-state index contributed by atoms with van der Waals surface area (Å²) in [5.41, 5.74) is -0.568. The van der Waals surface area contributed by atoms with Gasteiger partial charge in [-0.2, -0.15) is 0 Å². The standard InChI is InChI=1S/C19H23F2N5O/c1-13-4-3-9-26(11-13)17-10-16(24-12-25-17)22-7-8-23-19(27)18-14(20)5-2-6-15(18)21/h2,5-6,10,12-13H,3-4,7-9,11H2,1H3,(H,23,27)(H,22,24,25). The Hall–Kier alpha value is -2.77. The molecule has 27 heavy (non-hydrogen) atoms. The van der Waals surface area contributed by atoms with Crippen molar-refractivity contribution in [2.24, 2.45) is 5.92 Å². The molecule has 8 heteroatoms. The highest BCUT2D eigenvalue weighted by molar-refractivity contribution is 5.94. The van der Waals surface area contributed by atoms with Gasteiger partial charge in [-0.15, -0.1) is 0 Å². The molecule has 3 rings (SSSR count). The Kier molecular flexibility index (Phi) is 6.16. The predicted octanol–water partition coefficient (Wildman–Crippen LogP) is 2.83. The maximum Gasteiger partial charge on any atom is 0.257 e. The van der Waals surface area contributed by atoms with Crippen LogP contribution in [-0.4, -0.2) is 42.1 Å². The second kappa shape index (κ2) is 8.75. The minimum atomic E-state index is -0.878. The Morgan fingerprint density at radius 1 is 1.26 bits per heavy atom. The highest BCUT2D eigenvalue weighted by Gasteiger charge is 2.18. The first-order valence-electron chi connectivity index (χ1n) is 9.07. The number of carbonyl (C=O) groups excluding carboxylic acids is 1. The second-order valence-corrected chi connectivity index (χ2v) is 6.73. The van der Waals surface area contributed by atoms with Gasteiger partial charge in [0.15, 0.2) is 0 Å². The van der Waals surface area contributed by atoms with Crippen molar-refractivity contribution in [3.05, 3.63) is 47.8 Å². The van der Waals surface area contributed by atoms with Crippen molar-refractivity contribution >= 4 is 17.5 Å². The molecule has 1 aromatic carbocycles. The number of aromatic nitrogens is 2. The third-order valence-electron chi connectivity index (χ3n) is 4.54. The molecule has 2 aromatic rings. The van der Waals surface area contributed by atoms with E-state index in [0.717, 1.165) is 37.5 Å². The normalized spacial score (nSPS) is 16.9. The van der Waals surface area contributed by atoms with Gasteiger partial charge in [-0.1, -0.05) is 13.0 Å².